The second-order valence-electron chi connectivity index (χ2n) is 5.75. The molecule has 1 aromatic rings. The minimum Gasteiger partial charge on any atom is -0.487 e. The molecule has 2 heterocycles. The first kappa shape index (κ1) is 14.0. The van der Waals surface area contributed by atoms with E-state index in [0.29, 0.717) is 0 Å². The van der Waals surface area contributed by atoms with Crippen molar-refractivity contribution in [2.75, 3.05) is 19.6 Å². The molecule has 4 heteroatoms. The number of rotatable bonds is 2. The van der Waals surface area contributed by atoms with Gasteiger partial charge in [0.15, 0.2) is 0 Å². The van der Waals surface area contributed by atoms with Crippen molar-refractivity contribution in [3.8, 4) is 18.1 Å². The molecular formula is C17H20N2O2. The summed E-state index contributed by atoms with van der Waals surface area (Å²) in [6.45, 7) is 2.13. The van der Waals surface area contributed by atoms with Crippen LogP contribution in [-0.4, -0.2) is 31.1 Å². The van der Waals surface area contributed by atoms with Crippen molar-refractivity contribution in [1.82, 2.24) is 10.6 Å². The molecule has 1 spiro atoms. The number of piperidine rings is 1. The molecule has 1 unspecified atom stereocenters. The molecule has 2 aliphatic rings. The van der Waals surface area contributed by atoms with Crippen LogP contribution in [0.2, 0.25) is 0 Å². The van der Waals surface area contributed by atoms with E-state index in [9.17, 15) is 4.79 Å². The molecule has 2 aliphatic heterocycles. The lowest BCUT2D eigenvalue weighted by atomic mass is 9.77. The Kier molecular flexibility index (Phi) is 3.85. The highest BCUT2D eigenvalue weighted by molar-refractivity contribution is 5.85. The molecular weight excluding hydrogens is 264 g/mol. The zero-order chi connectivity index (χ0) is 14.7. The number of benzene rings is 1. The molecule has 0 aliphatic carbocycles. The molecule has 3 rings (SSSR count). The van der Waals surface area contributed by atoms with Crippen LogP contribution >= 0.6 is 0 Å². The molecule has 0 saturated carbocycles. The molecule has 110 valence electrons. The molecule has 2 N–H and O–H groups in total. The van der Waals surface area contributed by atoms with Gasteiger partial charge in [0.1, 0.15) is 11.4 Å². The number of nitrogens with one attached hydrogen (secondary N) is 2. The quantitative estimate of drug-likeness (QED) is 0.808. The van der Waals surface area contributed by atoms with Crippen LogP contribution in [0.4, 0.5) is 0 Å². The maximum atomic E-state index is 12.5. The van der Waals surface area contributed by atoms with Crippen LogP contribution in [0.1, 0.15) is 30.7 Å². The van der Waals surface area contributed by atoms with E-state index in [2.05, 4.69) is 16.6 Å². The predicted octanol–water partition coefficient (Wildman–Crippen LogP) is 1.42. The fourth-order valence-corrected chi connectivity index (χ4v) is 3.30. The normalized spacial score (nSPS) is 22.7. The highest BCUT2D eigenvalue weighted by Crippen LogP contribution is 2.44. The summed E-state index contributed by atoms with van der Waals surface area (Å²) in [7, 11) is 0. The van der Waals surface area contributed by atoms with Gasteiger partial charge < -0.3 is 15.4 Å². The van der Waals surface area contributed by atoms with Crippen molar-refractivity contribution in [3.05, 3.63) is 29.8 Å². The molecule has 21 heavy (non-hydrogen) atoms. The molecule has 1 amide bonds. The smallest absolute Gasteiger partial charge is 0.228 e. The lowest BCUT2D eigenvalue weighted by Gasteiger charge is -2.44. The fourth-order valence-electron chi connectivity index (χ4n) is 3.30. The summed E-state index contributed by atoms with van der Waals surface area (Å²) < 4.78 is 6.28. The van der Waals surface area contributed by atoms with Gasteiger partial charge in [0, 0.05) is 12.0 Å². The summed E-state index contributed by atoms with van der Waals surface area (Å²) in [5.41, 5.74) is 0.744. The Balaban J connectivity index is 1.90. The predicted molar refractivity (Wildman–Crippen MR) is 81.1 cm³/mol. The lowest BCUT2D eigenvalue weighted by molar-refractivity contribution is -0.125. The lowest BCUT2D eigenvalue weighted by Crippen LogP contribution is -2.50. The third kappa shape index (κ3) is 2.74. The Hall–Kier alpha value is -1.99. The fraction of sp³-hybridized carbons (Fsp3) is 0.471. The summed E-state index contributed by atoms with van der Waals surface area (Å²) >= 11 is 0. The minimum atomic E-state index is -0.224. The maximum absolute atomic E-state index is 12.5. The molecule has 1 atom stereocenters. The summed E-state index contributed by atoms with van der Waals surface area (Å²) in [6, 6.07) is 7.84. The Morgan fingerprint density at radius 3 is 2.95 bits per heavy atom. The highest BCUT2D eigenvalue weighted by atomic mass is 16.5. The second kappa shape index (κ2) is 5.79. The Morgan fingerprint density at radius 2 is 2.19 bits per heavy atom. The molecule has 0 radical (unpaired) electrons. The average molecular weight is 284 g/mol. The van der Waals surface area contributed by atoms with Gasteiger partial charge in [0.25, 0.3) is 0 Å². The van der Waals surface area contributed by atoms with Gasteiger partial charge in [-0.25, -0.2) is 0 Å². The molecule has 1 aromatic carbocycles. The van der Waals surface area contributed by atoms with Gasteiger partial charge in [-0.05, 0) is 32.0 Å². The number of hydrogen-bond acceptors (Lipinski definition) is 3. The zero-order valence-electron chi connectivity index (χ0n) is 12.0. The van der Waals surface area contributed by atoms with Crippen molar-refractivity contribution in [3.63, 3.8) is 0 Å². The molecule has 1 fully saturated rings. The monoisotopic (exact) mass is 284 g/mol. The van der Waals surface area contributed by atoms with E-state index in [1.54, 1.807) is 0 Å². The van der Waals surface area contributed by atoms with E-state index in [-0.39, 0.29) is 24.0 Å². The Labute approximate surface area is 125 Å². The highest BCUT2D eigenvalue weighted by Gasteiger charge is 2.43. The summed E-state index contributed by atoms with van der Waals surface area (Å²) in [6.07, 6.45) is 7.83. The summed E-state index contributed by atoms with van der Waals surface area (Å²) in [5, 5.41) is 6.17. The van der Waals surface area contributed by atoms with Crippen molar-refractivity contribution in [1.29, 1.82) is 0 Å². The Morgan fingerprint density at radius 1 is 1.43 bits per heavy atom. The molecule has 4 nitrogen and oxygen atoms in total. The van der Waals surface area contributed by atoms with E-state index in [4.69, 9.17) is 11.2 Å². The van der Waals surface area contributed by atoms with Crippen LogP contribution in [0.25, 0.3) is 0 Å². The van der Waals surface area contributed by atoms with E-state index >= 15 is 0 Å². The number of para-hydroxylation sites is 1. The second-order valence-corrected chi connectivity index (χ2v) is 5.75. The van der Waals surface area contributed by atoms with Gasteiger partial charge >= 0.3 is 0 Å². The topological polar surface area (TPSA) is 50.4 Å². The number of terminal acetylenes is 1. The van der Waals surface area contributed by atoms with Crippen molar-refractivity contribution in [2.45, 2.75) is 30.8 Å². The van der Waals surface area contributed by atoms with Crippen LogP contribution in [0.15, 0.2) is 24.3 Å². The SMILES string of the molecule is C#CCNC(=O)C1CC2(CCNCC2)Oc2ccccc21. The average Bonchev–Trinajstić information content (AvgIpc) is 2.52. The van der Waals surface area contributed by atoms with Gasteiger partial charge in [-0.1, -0.05) is 24.1 Å². The van der Waals surface area contributed by atoms with Gasteiger partial charge in [0.05, 0.1) is 12.5 Å². The van der Waals surface area contributed by atoms with E-state index in [1.165, 1.54) is 0 Å². The Bertz CT molecular complexity index is 570. The first-order chi connectivity index (χ1) is 10.2. The maximum Gasteiger partial charge on any atom is 0.228 e. The number of hydrogen-bond donors (Lipinski definition) is 2. The van der Waals surface area contributed by atoms with Gasteiger partial charge in [-0.15, -0.1) is 6.42 Å². The van der Waals surface area contributed by atoms with Crippen LogP contribution in [0.3, 0.4) is 0 Å². The van der Waals surface area contributed by atoms with Crippen LogP contribution < -0.4 is 15.4 Å². The minimum absolute atomic E-state index is 0.00149. The summed E-state index contributed by atoms with van der Waals surface area (Å²) in [5.74, 6) is 3.12. The van der Waals surface area contributed by atoms with Crippen molar-refractivity contribution < 1.29 is 9.53 Å². The number of amides is 1. The first-order valence-electron chi connectivity index (χ1n) is 7.44. The molecule has 1 saturated heterocycles. The number of fused-ring (bicyclic) bond motifs is 1. The zero-order valence-corrected chi connectivity index (χ0v) is 12.0. The first-order valence-corrected chi connectivity index (χ1v) is 7.44. The third-order valence-corrected chi connectivity index (χ3v) is 4.39. The number of ether oxygens (including phenoxy) is 1. The van der Waals surface area contributed by atoms with Crippen molar-refractivity contribution in [2.24, 2.45) is 0 Å². The van der Waals surface area contributed by atoms with E-state index in [1.807, 2.05) is 24.3 Å². The van der Waals surface area contributed by atoms with E-state index < -0.39 is 0 Å². The standard InChI is InChI=1S/C17H20N2O2/c1-2-9-19-16(20)14-12-17(7-10-18-11-8-17)21-15-6-4-3-5-13(14)15/h1,3-6,14,18H,7-12H2,(H,19,20). The largest absolute Gasteiger partial charge is 0.487 e. The van der Waals surface area contributed by atoms with Gasteiger partial charge in [-0.2, -0.15) is 0 Å². The molecule has 0 bridgehead atoms. The van der Waals surface area contributed by atoms with E-state index in [0.717, 1.165) is 43.7 Å². The van der Waals surface area contributed by atoms with Crippen molar-refractivity contribution >= 4 is 5.91 Å². The third-order valence-electron chi connectivity index (χ3n) is 4.39. The van der Waals surface area contributed by atoms with Gasteiger partial charge in [-0.3, -0.25) is 4.79 Å². The molecule has 0 aromatic heterocycles. The van der Waals surface area contributed by atoms with Crippen LogP contribution in [-0.2, 0) is 4.79 Å². The van der Waals surface area contributed by atoms with Crippen LogP contribution in [0.5, 0.6) is 5.75 Å². The summed E-state index contributed by atoms with van der Waals surface area (Å²) in [4.78, 5) is 12.5. The van der Waals surface area contributed by atoms with Gasteiger partial charge in [0.2, 0.25) is 5.91 Å². The van der Waals surface area contributed by atoms with Crippen LogP contribution in [0, 0.1) is 12.3 Å². The number of carbonyl (C=O) groups is 1. The number of carbonyl (C=O) groups excluding carboxylic acids is 1.